The lowest BCUT2D eigenvalue weighted by Crippen LogP contribution is -2.16. The van der Waals surface area contributed by atoms with Crippen molar-refractivity contribution in [2.24, 2.45) is 0 Å². The van der Waals surface area contributed by atoms with Crippen LogP contribution in [0.4, 0.5) is 0 Å². The first-order chi connectivity index (χ1) is 5.58. The third-order valence-corrected chi connectivity index (χ3v) is 2.74. The second kappa shape index (κ2) is 4.11. The molecule has 2 heteroatoms. The molecule has 1 atom stereocenters. The Balaban J connectivity index is 2.26. The van der Waals surface area contributed by atoms with Crippen LogP contribution in [0.15, 0.2) is 0 Å². The molecule has 0 amide bonds. The van der Waals surface area contributed by atoms with E-state index in [1.165, 1.54) is 12.8 Å². The highest BCUT2D eigenvalue weighted by molar-refractivity contribution is 6.83. The minimum atomic E-state index is -1.15. The Morgan fingerprint density at radius 2 is 2.17 bits per heavy atom. The molecular weight excluding hydrogens is 164 g/mol. The lowest BCUT2D eigenvalue weighted by atomic mass is 10.2. The first kappa shape index (κ1) is 9.82. The number of rotatable bonds is 1. The fraction of sp³-hybridized carbons (Fsp3) is 0.800. The fourth-order valence-electron chi connectivity index (χ4n) is 1.24. The summed E-state index contributed by atoms with van der Waals surface area (Å²) in [5.74, 6) is 3.25. The monoisotopic (exact) mass is 182 g/mol. The summed E-state index contributed by atoms with van der Waals surface area (Å²) < 4.78 is 5.48. The molecule has 0 aromatic carbocycles. The average molecular weight is 182 g/mol. The summed E-state index contributed by atoms with van der Waals surface area (Å²) in [4.78, 5) is 0. The average Bonchev–Trinajstić information content (AvgIpc) is 2.36. The minimum Gasteiger partial charge on any atom is -0.377 e. The van der Waals surface area contributed by atoms with Gasteiger partial charge in [0.2, 0.25) is 0 Å². The van der Waals surface area contributed by atoms with E-state index in [-0.39, 0.29) is 0 Å². The standard InChI is InChI=1S/C10H18OSi/c1-12(2,3)9-5-7-10-6-4-8-11-10/h10H,4,6-8H2,1-3H3. The van der Waals surface area contributed by atoms with Crippen LogP contribution in [-0.4, -0.2) is 20.8 Å². The third-order valence-electron chi connectivity index (χ3n) is 1.82. The van der Waals surface area contributed by atoms with Crippen LogP contribution >= 0.6 is 0 Å². The van der Waals surface area contributed by atoms with Crippen LogP contribution in [0.3, 0.4) is 0 Å². The van der Waals surface area contributed by atoms with Crippen molar-refractivity contribution in [1.82, 2.24) is 0 Å². The maximum absolute atomic E-state index is 5.48. The van der Waals surface area contributed by atoms with Crippen LogP contribution in [0.1, 0.15) is 19.3 Å². The summed E-state index contributed by atoms with van der Waals surface area (Å²) in [5, 5.41) is 0. The lowest BCUT2D eigenvalue weighted by Gasteiger charge is -2.05. The maximum atomic E-state index is 5.48. The molecule has 0 saturated carbocycles. The van der Waals surface area contributed by atoms with Gasteiger partial charge in [0.15, 0.2) is 0 Å². The molecule has 0 aliphatic carbocycles. The Morgan fingerprint density at radius 3 is 2.67 bits per heavy atom. The molecule has 0 aromatic rings. The maximum Gasteiger partial charge on any atom is 0.129 e. The van der Waals surface area contributed by atoms with Gasteiger partial charge >= 0.3 is 0 Å². The number of hydrogen-bond donors (Lipinski definition) is 0. The van der Waals surface area contributed by atoms with Crippen molar-refractivity contribution in [2.45, 2.75) is 45.0 Å². The quantitative estimate of drug-likeness (QED) is 0.447. The number of ether oxygens (including phenoxy) is 1. The first-order valence-corrected chi connectivity index (χ1v) is 8.19. The molecule has 0 aromatic heterocycles. The van der Waals surface area contributed by atoms with Gasteiger partial charge in [0.1, 0.15) is 8.07 Å². The molecule has 0 bridgehead atoms. The zero-order chi connectivity index (χ0) is 9.03. The van der Waals surface area contributed by atoms with E-state index in [1.54, 1.807) is 0 Å². The summed E-state index contributed by atoms with van der Waals surface area (Å²) in [6.45, 7) is 7.76. The van der Waals surface area contributed by atoms with E-state index < -0.39 is 8.07 Å². The molecule has 12 heavy (non-hydrogen) atoms. The molecule has 1 fully saturated rings. The summed E-state index contributed by atoms with van der Waals surface area (Å²) in [6.07, 6.45) is 3.82. The molecule has 1 unspecified atom stereocenters. The van der Waals surface area contributed by atoms with E-state index in [0.29, 0.717) is 6.10 Å². The van der Waals surface area contributed by atoms with Crippen LogP contribution in [0.5, 0.6) is 0 Å². The second-order valence-electron chi connectivity index (χ2n) is 4.39. The second-order valence-corrected chi connectivity index (χ2v) is 9.14. The van der Waals surface area contributed by atoms with E-state index in [0.717, 1.165) is 13.0 Å². The SMILES string of the molecule is C[Si](C)(C)C#CCC1CCCO1. The van der Waals surface area contributed by atoms with Gasteiger partial charge in [-0.2, -0.15) is 0 Å². The Bertz CT molecular complexity index is 188. The van der Waals surface area contributed by atoms with Crippen molar-refractivity contribution in [3.63, 3.8) is 0 Å². The Morgan fingerprint density at radius 1 is 1.42 bits per heavy atom. The zero-order valence-corrected chi connectivity index (χ0v) is 9.31. The van der Waals surface area contributed by atoms with Crippen LogP contribution in [0, 0.1) is 11.5 Å². The third kappa shape index (κ3) is 3.94. The molecule has 1 aliphatic heterocycles. The van der Waals surface area contributed by atoms with Gasteiger partial charge in [0.05, 0.1) is 6.10 Å². The Hall–Kier alpha value is -0.263. The highest BCUT2D eigenvalue weighted by Gasteiger charge is 2.14. The van der Waals surface area contributed by atoms with Crippen LogP contribution < -0.4 is 0 Å². The van der Waals surface area contributed by atoms with Crippen molar-refractivity contribution in [1.29, 1.82) is 0 Å². The van der Waals surface area contributed by atoms with Gasteiger partial charge in [-0.15, -0.1) is 11.5 Å². The summed E-state index contributed by atoms with van der Waals surface area (Å²) in [5.41, 5.74) is 3.36. The zero-order valence-electron chi connectivity index (χ0n) is 8.31. The molecule has 0 N–H and O–H groups in total. The van der Waals surface area contributed by atoms with Crippen molar-refractivity contribution in [3.05, 3.63) is 0 Å². The largest absolute Gasteiger partial charge is 0.377 e. The first-order valence-electron chi connectivity index (χ1n) is 4.69. The number of hydrogen-bond acceptors (Lipinski definition) is 1. The molecule has 0 spiro atoms. The predicted molar refractivity (Wildman–Crippen MR) is 54.7 cm³/mol. The summed E-state index contributed by atoms with van der Waals surface area (Å²) >= 11 is 0. The van der Waals surface area contributed by atoms with E-state index in [2.05, 4.69) is 31.1 Å². The lowest BCUT2D eigenvalue weighted by molar-refractivity contribution is 0.115. The topological polar surface area (TPSA) is 9.23 Å². The van der Waals surface area contributed by atoms with Crippen molar-refractivity contribution in [2.75, 3.05) is 6.61 Å². The fourth-order valence-corrected chi connectivity index (χ4v) is 1.87. The highest BCUT2D eigenvalue weighted by Crippen LogP contribution is 2.14. The van der Waals surface area contributed by atoms with Gasteiger partial charge in [0.25, 0.3) is 0 Å². The van der Waals surface area contributed by atoms with Crippen molar-refractivity contribution < 1.29 is 4.74 Å². The Labute approximate surface area is 76.5 Å². The van der Waals surface area contributed by atoms with Crippen LogP contribution in [0.2, 0.25) is 19.6 Å². The minimum absolute atomic E-state index is 0.439. The van der Waals surface area contributed by atoms with Gasteiger partial charge in [0, 0.05) is 13.0 Å². The van der Waals surface area contributed by atoms with E-state index in [1.807, 2.05) is 0 Å². The van der Waals surface area contributed by atoms with Gasteiger partial charge in [-0.3, -0.25) is 0 Å². The normalized spacial score (nSPS) is 23.4. The van der Waals surface area contributed by atoms with Gasteiger partial charge in [-0.1, -0.05) is 19.6 Å². The molecule has 1 rings (SSSR count). The van der Waals surface area contributed by atoms with Gasteiger partial charge in [-0.25, -0.2) is 0 Å². The predicted octanol–water partition coefficient (Wildman–Crippen LogP) is 2.44. The Kier molecular flexibility index (Phi) is 3.36. The van der Waals surface area contributed by atoms with E-state index in [9.17, 15) is 0 Å². The van der Waals surface area contributed by atoms with Crippen LogP contribution in [-0.2, 0) is 4.74 Å². The molecule has 1 nitrogen and oxygen atoms in total. The molecule has 68 valence electrons. The smallest absolute Gasteiger partial charge is 0.129 e. The summed E-state index contributed by atoms with van der Waals surface area (Å²) in [7, 11) is -1.15. The van der Waals surface area contributed by atoms with Crippen molar-refractivity contribution >= 4 is 8.07 Å². The molecule has 1 heterocycles. The van der Waals surface area contributed by atoms with Crippen molar-refractivity contribution in [3.8, 4) is 11.5 Å². The van der Waals surface area contributed by atoms with Gasteiger partial charge < -0.3 is 4.74 Å². The molecule has 0 radical (unpaired) electrons. The van der Waals surface area contributed by atoms with E-state index in [4.69, 9.17) is 4.74 Å². The molecule has 1 aliphatic rings. The summed E-state index contributed by atoms with van der Waals surface area (Å²) in [6, 6.07) is 0. The van der Waals surface area contributed by atoms with E-state index >= 15 is 0 Å². The highest BCUT2D eigenvalue weighted by atomic mass is 28.3. The molecular formula is C10H18OSi. The molecule has 1 saturated heterocycles. The van der Waals surface area contributed by atoms with Crippen LogP contribution in [0.25, 0.3) is 0 Å². The van der Waals surface area contributed by atoms with Gasteiger partial charge in [-0.05, 0) is 12.8 Å².